The van der Waals surface area contributed by atoms with Gasteiger partial charge in [0.05, 0.1) is 23.7 Å². The van der Waals surface area contributed by atoms with E-state index >= 15 is 0 Å². The highest BCUT2D eigenvalue weighted by molar-refractivity contribution is 5.93. The zero-order chi connectivity index (χ0) is 19.4. The van der Waals surface area contributed by atoms with Crippen molar-refractivity contribution in [1.82, 2.24) is 4.90 Å². The minimum Gasteiger partial charge on any atom is -0.449 e. The molecule has 27 heavy (non-hydrogen) atoms. The molecular formula is C18H23N3O6. The van der Waals surface area contributed by atoms with Crippen molar-refractivity contribution in [3.05, 3.63) is 33.9 Å². The van der Waals surface area contributed by atoms with Crippen molar-refractivity contribution in [2.75, 3.05) is 44.3 Å². The van der Waals surface area contributed by atoms with Gasteiger partial charge in [0.15, 0.2) is 6.10 Å². The number of ether oxygens (including phenoxy) is 2. The van der Waals surface area contributed by atoms with E-state index in [4.69, 9.17) is 9.47 Å². The summed E-state index contributed by atoms with van der Waals surface area (Å²) in [5, 5.41) is 11.5. The number of hydrogen-bond donors (Lipinski definition) is 0. The third-order valence-electron chi connectivity index (χ3n) is 4.81. The number of carbonyl (C=O) groups is 2. The van der Waals surface area contributed by atoms with Crippen LogP contribution in [0.1, 0.15) is 30.1 Å². The molecule has 1 aromatic carbocycles. The molecule has 1 atom stereocenters. The molecule has 0 radical (unpaired) electrons. The van der Waals surface area contributed by atoms with Gasteiger partial charge in [-0.25, -0.2) is 4.79 Å². The van der Waals surface area contributed by atoms with Gasteiger partial charge < -0.3 is 19.3 Å². The molecule has 146 valence electrons. The number of amides is 1. The molecule has 2 saturated heterocycles. The average Bonchev–Trinajstić information content (AvgIpc) is 3.22. The lowest BCUT2D eigenvalue weighted by atomic mass is 10.1. The smallest absolute Gasteiger partial charge is 0.339 e. The van der Waals surface area contributed by atoms with E-state index in [9.17, 15) is 19.7 Å². The summed E-state index contributed by atoms with van der Waals surface area (Å²) in [4.78, 5) is 39.1. The summed E-state index contributed by atoms with van der Waals surface area (Å²) in [5.41, 5.74) is 0.339. The second-order valence-corrected chi connectivity index (χ2v) is 6.64. The Kier molecular flexibility index (Phi) is 5.90. The predicted octanol–water partition coefficient (Wildman–Crippen LogP) is 1.60. The van der Waals surface area contributed by atoms with E-state index in [-0.39, 0.29) is 17.2 Å². The highest BCUT2D eigenvalue weighted by atomic mass is 16.6. The molecule has 9 heteroatoms. The highest BCUT2D eigenvalue weighted by Gasteiger charge is 2.28. The molecule has 3 rings (SSSR count). The monoisotopic (exact) mass is 377 g/mol. The van der Waals surface area contributed by atoms with Crippen molar-refractivity contribution >= 4 is 23.3 Å². The lowest BCUT2D eigenvalue weighted by molar-refractivity contribution is -0.384. The Bertz CT molecular complexity index is 726. The molecule has 2 heterocycles. The Morgan fingerprint density at radius 1 is 1.19 bits per heavy atom. The molecule has 0 spiro atoms. The Morgan fingerprint density at radius 2 is 1.85 bits per heavy atom. The molecule has 0 bridgehead atoms. The first-order chi connectivity index (χ1) is 13.0. The molecule has 0 aliphatic carbocycles. The Balaban J connectivity index is 1.73. The molecule has 0 aromatic heterocycles. The van der Waals surface area contributed by atoms with Crippen LogP contribution in [0.2, 0.25) is 0 Å². The van der Waals surface area contributed by atoms with E-state index in [1.165, 1.54) is 19.1 Å². The van der Waals surface area contributed by atoms with Crippen LogP contribution in [-0.2, 0) is 14.3 Å². The van der Waals surface area contributed by atoms with Gasteiger partial charge >= 0.3 is 5.97 Å². The molecule has 0 saturated carbocycles. The number of nitrogens with zero attached hydrogens (tertiary/aromatic N) is 3. The third kappa shape index (κ3) is 4.36. The first-order valence-corrected chi connectivity index (χ1v) is 9.08. The number of nitro groups is 1. The molecule has 1 aromatic rings. The van der Waals surface area contributed by atoms with E-state index in [2.05, 4.69) is 0 Å². The van der Waals surface area contributed by atoms with Gasteiger partial charge in [0.2, 0.25) is 0 Å². The summed E-state index contributed by atoms with van der Waals surface area (Å²) in [6.45, 7) is 4.95. The summed E-state index contributed by atoms with van der Waals surface area (Å²) in [5.74, 6) is -0.980. The second kappa shape index (κ2) is 8.34. The maximum absolute atomic E-state index is 12.4. The van der Waals surface area contributed by atoms with Crippen LogP contribution >= 0.6 is 0 Å². The Hall–Kier alpha value is -2.68. The topological polar surface area (TPSA) is 102 Å². The summed E-state index contributed by atoms with van der Waals surface area (Å²) < 4.78 is 10.5. The summed E-state index contributed by atoms with van der Waals surface area (Å²) in [6, 6.07) is 4.25. The molecule has 1 amide bonds. The van der Waals surface area contributed by atoms with Crippen molar-refractivity contribution in [2.24, 2.45) is 0 Å². The minimum atomic E-state index is -0.923. The van der Waals surface area contributed by atoms with Crippen LogP contribution in [0, 0.1) is 10.1 Å². The number of likely N-dealkylation sites (tertiary alicyclic amines) is 1. The fourth-order valence-corrected chi connectivity index (χ4v) is 3.34. The normalized spacial score (nSPS) is 18.3. The van der Waals surface area contributed by atoms with Gasteiger partial charge in [-0.3, -0.25) is 14.9 Å². The van der Waals surface area contributed by atoms with Gasteiger partial charge in [-0.15, -0.1) is 0 Å². The summed E-state index contributed by atoms with van der Waals surface area (Å²) in [7, 11) is 0. The van der Waals surface area contributed by atoms with Gasteiger partial charge in [0.1, 0.15) is 5.69 Å². The van der Waals surface area contributed by atoms with Crippen molar-refractivity contribution < 1.29 is 24.0 Å². The van der Waals surface area contributed by atoms with Crippen molar-refractivity contribution in [3.63, 3.8) is 0 Å². The average molecular weight is 377 g/mol. The molecule has 2 aliphatic rings. The van der Waals surface area contributed by atoms with Gasteiger partial charge in [0, 0.05) is 32.2 Å². The summed E-state index contributed by atoms with van der Waals surface area (Å²) in [6.07, 6.45) is 0.969. The number of nitro benzene ring substituents is 1. The third-order valence-corrected chi connectivity index (χ3v) is 4.81. The first-order valence-electron chi connectivity index (χ1n) is 9.08. The van der Waals surface area contributed by atoms with Crippen LogP contribution in [0.4, 0.5) is 11.4 Å². The van der Waals surface area contributed by atoms with Gasteiger partial charge in [-0.1, -0.05) is 0 Å². The molecule has 2 aliphatic heterocycles. The van der Waals surface area contributed by atoms with Crippen molar-refractivity contribution in [3.8, 4) is 0 Å². The second-order valence-electron chi connectivity index (χ2n) is 6.64. The van der Waals surface area contributed by atoms with E-state index in [0.717, 1.165) is 12.8 Å². The zero-order valence-corrected chi connectivity index (χ0v) is 15.3. The number of anilines is 1. The van der Waals surface area contributed by atoms with E-state index in [1.54, 1.807) is 11.0 Å². The molecular weight excluding hydrogens is 354 g/mol. The number of rotatable bonds is 5. The standard InChI is InChI=1S/C18H23N3O6/c1-13(17(22)20-6-2-3-7-20)27-18(23)14-4-5-15(16(12-14)21(24)25)19-8-10-26-11-9-19/h4-5,12-13H,2-3,6-11H2,1H3/t13-/m1/s1. The quantitative estimate of drug-likeness (QED) is 0.436. The minimum absolute atomic E-state index is 0.0554. The molecule has 0 unspecified atom stereocenters. The molecule has 0 N–H and O–H groups in total. The first kappa shape index (κ1) is 19.1. The SMILES string of the molecule is C[C@@H](OC(=O)c1ccc(N2CCOCC2)c([N+](=O)[O-])c1)C(=O)N1CCCC1. The number of carbonyl (C=O) groups excluding carboxylic acids is 2. The fourth-order valence-electron chi connectivity index (χ4n) is 3.34. The van der Waals surface area contributed by atoms with E-state index < -0.39 is 17.0 Å². The van der Waals surface area contributed by atoms with Crippen LogP contribution in [0.15, 0.2) is 18.2 Å². The lowest BCUT2D eigenvalue weighted by Crippen LogP contribution is -2.38. The predicted molar refractivity (Wildman–Crippen MR) is 96.8 cm³/mol. The lowest BCUT2D eigenvalue weighted by Gasteiger charge is -2.28. The van der Waals surface area contributed by atoms with Crippen molar-refractivity contribution in [2.45, 2.75) is 25.9 Å². The maximum Gasteiger partial charge on any atom is 0.339 e. The molecule has 9 nitrogen and oxygen atoms in total. The number of benzene rings is 1. The number of morpholine rings is 1. The van der Waals surface area contributed by atoms with E-state index in [1.807, 2.05) is 4.90 Å². The van der Waals surface area contributed by atoms with Crippen LogP contribution in [0.5, 0.6) is 0 Å². The Morgan fingerprint density at radius 3 is 2.48 bits per heavy atom. The molecule has 2 fully saturated rings. The van der Waals surface area contributed by atoms with Crippen LogP contribution in [-0.4, -0.2) is 67.2 Å². The largest absolute Gasteiger partial charge is 0.449 e. The van der Waals surface area contributed by atoms with Crippen molar-refractivity contribution in [1.29, 1.82) is 0 Å². The van der Waals surface area contributed by atoms with Crippen LogP contribution in [0.25, 0.3) is 0 Å². The zero-order valence-electron chi connectivity index (χ0n) is 15.3. The van der Waals surface area contributed by atoms with Gasteiger partial charge in [-0.2, -0.15) is 0 Å². The maximum atomic E-state index is 12.4. The van der Waals surface area contributed by atoms with Crippen LogP contribution in [0.3, 0.4) is 0 Å². The highest BCUT2D eigenvalue weighted by Crippen LogP contribution is 2.30. The Labute approximate surface area is 157 Å². The number of esters is 1. The summed E-state index contributed by atoms with van der Waals surface area (Å²) >= 11 is 0. The van der Waals surface area contributed by atoms with E-state index in [0.29, 0.717) is 45.1 Å². The van der Waals surface area contributed by atoms with Crippen LogP contribution < -0.4 is 4.90 Å². The van der Waals surface area contributed by atoms with Gasteiger partial charge in [0.25, 0.3) is 11.6 Å². The number of hydrogen-bond acceptors (Lipinski definition) is 7. The van der Waals surface area contributed by atoms with Gasteiger partial charge in [-0.05, 0) is 31.9 Å². The fraction of sp³-hybridized carbons (Fsp3) is 0.556.